The fraction of sp³-hybridized carbons (Fsp3) is 0.846. The van der Waals surface area contributed by atoms with E-state index in [-0.39, 0.29) is 12.5 Å². The van der Waals surface area contributed by atoms with Crippen LogP contribution in [-0.2, 0) is 19.4 Å². The van der Waals surface area contributed by atoms with Crippen LogP contribution in [0.4, 0.5) is 0 Å². The molecule has 0 radical (unpaired) electrons. The maximum Gasteiger partial charge on any atom is 0.311 e. The molecule has 0 bridgehead atoms. The highest BCUT2D eigenvalue weighted by Gasteiger charge is 2.54. The van der Waals surface area contributed by atoms with Crippen molar-refractivity contribution in [2.45, 2.75) is 37.9 Å². The minimum atomic E-state index is -3.45. The average molecular weight is 303 g/mol. The van der Waals surface area contributed by atoms with Gasteiger partial charge >= 0.3 is 5.97 Å². The van der Waals surface area contributed by atoms with E-state index in [1.807, 2.05) is 0 Å². The van der Waals surface area contributed by atoms with Gasteiger partial charge in [0.15, 0.2) is 9.84 Å². The monoisotopic (exact) mass is 303 g/mol. The van der Waals surface area contributed by atoms with Crippen LogP contribution in [0.1, 0.15) is 32.6 Å². The third kappa shape index (κ3) is 2.43. The molecule has 1 aliphatic heterocycles. The highest BCUT2D eigenvalue weighted by Crippen LogP contribution is 2.47. The second-order valence-corrected chi connectivity index (χ2v) is 8.46. The van der Waals surface area contributed by atoms with Crippen LogP contribution < -0.4 is 0 Å². The number of carbonyl (C=O) groups is 2. The van der Waals surface area contributed by atoms with Gasteiger partial charge in [-0.15, -0.1) is 0 Å². The highest BCUT2D eigenvalue weighted by molar-refractivity contribution is 7.92. The molecule has 0 aromatic rings. The lowest BCUT2D eigenvalue weighted by Crippen LogP contribution is -2.43. The van der Waals surface area contributed by atoms with E-state index in [0.29, 0.717) is 13.0 Å². The molecule has 3 atom stereocenters. The standard InChI is InChI=1S/C13H21NO5S/c1-9(20(2,18)19)11(15)14-7-10-5-3-4-6-13(10,8-14)12(16)17/h9-10H,3-8H2,1-2H3,(H,16,17)/t9?,10-,13-/m0/s1. The minimum Gasteiger partial charge on any atom is -0.481 e. The molecule has 0 aromatic carbocycles. The smallest absolute Gasteiger partial charge is 0.311 e. The fourth-order valence-electron chi connectivity index (χ4n) is 3.41. The second kappa shape index (κ2) is 5.02. The SMILES string of the molecule is CC(C(=O)N1C[C@@H]2CCCC[C@]2(C(=O)O)C1)S(C)(=O)=O. The molecular weight excluding hydrogens is 282 g/mol. The van der Waals surface area contributed by atoms with Crippen molar-refractivity contribution in [3.63, 3.8) is 0 Å². The van der Waals surface area contributed by atoms with Crippen molar-refractivity contribution >= 4 is 21.7 Å². The second-order valence-electron chi connectivity index (χ2n) is 6.09. The van der Waals surface area contributed by atoms with Crippen LogP contribution in [0.15, 0.2) is 0 Å². The van der Waals surface area contributed by atoms with Crippen molar-refractivity contribution in [2.75, 3.05) is 19.3 Å². The number of carboxylic acid groups (broad SMARTS) is 1. The van der Waals surface area contributed by atoms with Crippen LogP contribution in [0, 0.1) is 11.3 Å². The van der Waals surface area contributed by atoms with Crippen molar-refractivity contribution in [3.05, 3.63) is 0 Å². The van der Waals surface area contributed by atoms with E-state index < -0.39 is 32.4 Å². The normalized spacial score (nSPS) is 31.7. The average Bonchev–Trinajstić information content (AvgIpc) is 2.76. The summed E-state index contributed by atoms with van der Waals surface area (Å²) in [6, 6.07) is 0. The van der Waals surface area contributed by atoms with E-state index in [4.69, 9.17) is 0 Å². The Hall–Kier alpha value is -1.11. The molecule has 7 heteroatoms. The molecule has 1 N–H and O–H groups in total. The van der Waals surface area contributed by atoms with Gasteiger partial charge in [-0.05, 0) is 25.7 Å². The summed E-state index contributed by atoms with van der Waals surface area (Å²) in [5, 5.41) is 8.44. The zero-order valence-corrected chi connectivity index (χ0v) is 12.6. The van der Waals surface area contributed by atoms with Crippen molar-refractivity contribution < 1.29 is 23.1 Å². The lowest BCUT2D eigenvalue weighted by molar-refractivity contribution is -0.152. The molecule has 1 aliphatic carbocycles. The number of nitrogens with zero attached hydrogens (tertiary/aromatic N) is 1. The van der Waals surface area contributed by atoms with Gasteiger partial charge < -0.3 is 10.0 Å². The first-order chi connectivity index (χ1) is 9.18. The van der Waals surface area contributed by atoms with Gasteiger partial charge in [0.2, 0.25) is 5.91 Å². The van der Waals surface area contributed by atoms with E-state index >= 15 is 0 Å². The molecule has 1 saturated heterocycles. The summed E-state index contributed by atoms with van der Waals surface area (Å²) >= 11 is 0. The first-order valence-electron chi connectivity index (χ1n) is 6.89. The Balaban J connectivity index is 2.22. The number of amides is 1. The Bertz CT molecular complexity index is 529. The van der Waals surface area contributed by atoms with Crippen LogP contribution in [0.3, 0.4) is 0 Å². The molecule has 1 heterocycles. The third-order valence-electron chi connectivity index (χ3n) is 4.85. The van der Waals surface area contributed by atoms with Crippen LogP contribution in [-0.4, -0.2) is 54.9 Å². The predicted octanol–water partition coefficient (Wildman–Crippen LogP) is 0.523. The molecule has 1 unspecified atom stereocenters. The van der Waals surface area contributed by atoms with Gasteiger partial charge in [-0.2, -0.15) is 0 Å². The molecule has 1 saturated carbocycles. The maximum atomic E-state index is 12.3. The Labute approximate surface area is 119 Å². The van der Waals surface area contributed by atoms with Gasteiger partial charge in [0, 0.05) is 19.3 Å². The summed E-state index contributed by atoms with van der Waals surface area (Å²) in [4.78, 5) is 25.3. The summed E-state index contributed by atoms with van der Waals surface area (Å²) in [6.45, 7) is 1.88. The number of carbonyl (C=O) groups excluding carboxylic acids is 1. The molecule has 114 valence electrons. The van der Waals surface area contributed by atoms with Crippen molar-refractivity contribution in [2.24, 2.45) is 11.3 Å². The van der Waals surface area contributed by atoms with Gasteiger partial charge in [0.25, 0.3) is 0 Å². The lowest BCUT2D eigenvalue weighted by atomic mass is 9.68. The van der Waals surface area contributed by atoms with Crippen molar-refractivity contribution in [1.29, 1.82) is 0 Å². The largest absolute Gasteiger partial charge is 0.481 e. The van der Waals surface area contributed by atoms with E-state index in [9.17, 15) is 23.1 Å². The number of hydrogen-bond donors (Lipinski definition) is 1. The maximum absolute atomic E-state index is 12.3. The summed E-state index contributed by atoms with van der Waals surface area (Å²) in [7, 11) is -3.45. The molecule has 2 fully saturated rings. The number of rotatable bonds is 3. The van der Waals surface area contributed by atoms with E-state index in [1.165, 1.54) is 11.8 Å². The van der Waals surface area contributed by atoms with Gasteiger partial charge in [-0.1, -0.05) is 12.8 Å². The fourth-order valence-corrected chi connectivity index (χ4v) is 3.93. The molecule has 2 aliphatic rings. The van der Waals surface area contributed by atoms with Crippen LogP contribution in [0.2, 0.25) is 0 Å². The van der Waals surface area contributed by atoms with E-state index in [2.05, 4.69) is 0 Å². The summed E-state index contributed by atoms with van der Waals surface area (Å²) in [5.41, 5.74) is -0.870. The molecule has 6 nitrogen and oxygen atoms in total. The quantitative estimate of drug-likeness (QED) is 0.821. The number of likely N-dealkylation sites (tertiary alicyclic amines) is 1. The highest BCUT2D eigenvalue weighted by atomic mass is 32.2. The summed E-state index contributed by atoms with van der Waals surface area (Å²) in [6.07, 6.45) is 4.23. The molecular formula is C13H21NO5S. The van der Waals surface area contributed by atoms with Crippen LogP contribution in [0.25, 0.3) is 0 Å². The Morgan fingerprint density at radius 3 is 2.50 bits per heavy atom. The number of fused-ring (bicyclic) bond motifs is 1. The molecule has 1 amide bonds. The third-order valence-corrected chi connectivity index (χ3v) is 6.33. The van der Waals surface area contributed by atoms with Gasteiger partial charge in [-0.25, -0.2) is 8.42 Å². The van der Waals surface area contributed by atoms with Gasteiger partial charge in [-0.3, -0.25) is 9.59 Å². The number of hydrogen-bond acceptors (Lipinski definition) is 4. The zero-order valence-electron chi connectivity index (χ0n) is 11.8. The summed E-state index contributed by atoms with van der Waals surface area (Å²) < 4.78 is 23.0. The van der Waals surface area contributed by atoms with Gasteiger partial charge in [0.1, 0.15) is 5.25 Å². The van der Waals surface area contributed by atoms with E-state index in [1.54, 1.807) is 0 Å². The van der Waals surface area contributed by atoms with Crippen LogP contribution in [0.5, 0.6) is 0 Å². The first-order valence-corrected chi connectivity index (χ1v) is 8.85. The Kier molecular flexibility index (Phi) is 3.83. The molecule has 0 spiro atoms. The number of sulfone groups is 1. The number of aliphatic carboxylic acids is 1. The van der Waals surface area contributed by atoms with Crippen molar-refractivity contribution in [3.8, 4) is 0 Å². The lowest BCUT2D eigenvalue weighted by Gasteiger charge is -2.34. The molecule has 20 heavy (non-hydrogen) atoms. The number of carboxylic acids is 1. The summed E-state index contributed by atoms with van der Waals surface area (Å²) in [5.74, 6) is -1.38. The van der Waals surface area contributed by atoms with Crippen molar-refractivity contribution in [1.82, 2.24) is 4.90 Å². The van der Waals surface area contributed by atoms with Gasteiger partial charge in [0.05, 0.1) is 5.41 Å². The minimum absolute atomic E-state index is 0.0514. The zero-order chi connectivity index (χ0) is 15.1. The van der Waals surface area contributed by atoms with E-state index in [0.717, 1.165) is 25.5 Å². The first kappa shape index (κ1) is 15.3. The Morgan fingerprint density at radius 1 is 1.35 bits per heavy atom. The Morgan fingerprint density at radius 2 is 2.00 bits per heavy atom. The van der Waals surface area contributed by atoms with Crippen LogP contribution >= 0.6 is 0 Å². The predicted molar refractivity (Wildman–Crippen MR) is 72.9 cm³/mol. The molecule has 0 aromatic heterocycles. The topological polar surface area (TPSA) is 91.8 Å². The molecule has 2 rings (SSSR count).